The number of hydrogen-bond acceptors (Lipinski definition) is 3. The fourth-order valence-electron chi connectivity index (χ4n) is 2.26. The molecule has 3 nitrogen and oxygen atoms in total. The SMILES string of the molecule is CCOc1ccc(N[C@@H](C)c2cc(F)ccc2F)cc1CO. The highest BCUT2D eigenvalue weighted by atomic mass is 19.1. The van der Waals surface area contributed by atoms with Gasteiger partial charge in [0.2, 0.25) is 0 Å². The molecule has 0 radical (unpaired) electrons. The van der Waals surface area contributed by atoms with Gasteiger partial charge in [-0.3, -0.25) is 0 Å². The van der Waals surface area contributed by atoms with Crippen LogP contribution in [0, 0.1) is 11.6 Å². The van der Waals surface area contributed by atoms with Gasteiger partial charge in [-0.2, -0.15) is 0 Å². The van der Waals surface area contributed by atoms with Gasteiger partial charge in [0.05, 0.1) is 19.3 Å². The molecule has 0 aliphatic heterocycles. The topological polar surface area (TPSA) is 41.5 Å². The molecule has 0 saturated heterocycles. The molecule has 0 bridgehead atoms. The highest BCUT2D eigenvalue weighted by molar-refractivity contribution is 5.52. The monoisotopic (exact) mass is 307 g/mol. The average Bonchev–Trinajstić information content (AvgIpc) is 2.51. The Morgan fingerprint density at radius 2 is 1.95 bits per heavy atom. The number of hydrogen-bond donors (Lipinski definition) is 2. The van der Waals surface area contributed by atoms with E-state index in [1.165, 1.54) is 6.07 Å². The van der Waals surface area contributed by atoms with Gasteiger partial charge in [0.15, 0.2) is 0 Å². The zero-order chi connectivity index (χ0) is 16.1. The molecular formula is C17H19F2NO2. The fourth-order valence-corrected chi connectivity index (χ4v) is 2.26. The van der Waals surface area contributed by atoms with Gasteiger partial charge in [-0.1, -0.05) is 0 Å². The van der Waals surface area contributed by atoms with Gasteiger partial charge < -0.3 is 15.2 Å². The van der Waals surface area contributed by atoms with Crippen LogP contribution in [0.3, 0.4) is 0 Å². The number of nitrogens with one attached hydrogen (secondary N) is 1. The Morgan fingerprint density at radius 1 is 1.18 bits per heavy atom. The molecule has 2 N–H and O–H groups in total. The van der Waals surface area contributed by atoms with E-state index in [0.717, 1.165) is 12.1 Å². The molecular weight excluding hydrogens is 288 g/mol. The Kier molecular flexibility index (Phi) is 5.33. The largest absolute Gasteiger partial charge is 0.494 e. The Bertz CT molecular complexity index is 647. The van der Waals surface area contributed by atoms with Crippen molar-refractivity contribution in [3.63, 3.8) is 0 Å². The summed E-state index contributed by atoms with van der Waals surface area (Å²) in [5.74, 6) is -0.331. The molecule has 1 atom stereocenters. The molecule has 0 unspecified atom stereocenters. The summed E-state index contributed by atoms with van der Waals surface area (Å²) in [5, 5.41) is 12.5. The van der Waals surface area contributed by atoms with Crippen LogP contribution in [0.2, 0.25) is 0 Å². The Hall–Kier alpha value is -2.14. The number of rotatable bonds is 6. The van der Waals surface area contributed by atoms with Crippen molar-refractivity contribution in [1.29, 1.82) is 0 Å². The molecule has 0 aliphatic rings. The lowest BCUT2D eigenvalue weighted by molar-refractivity contribution is 0.267. The van der Waals surface area contributed by atoms with Gasteiger partial charge in [-0.25, -0.2) is 8.78 Å². The maximum atomic E-state index is 13.8. The molecule has 2 aromatic carbocycles. The average molecular weight is 307 g/mol. The van der Waals surface area contributed by atoms with Crippen molar-refractivity contribution in [3.8, 4) is 5.75 Å². The van der Waals surface area contributed by atoms with Crippen molar-refractivity contribution in [2.24, 2.45) is 0 Å². The second kappa shape index (κ2) is 7.22. The van der Waals surface area contributed by atoms with Crippen LogP contribution >= 0.6 is 0 Å². The maximum Gasteiger partial charge on any atom is 0.128 e. The second-order valence-electron chi connectivity index (χ2n) is 4.95. The summed E-state index contributed by atoms with van der Waals surface area (Å²) in [6.07, 6.45) is 0. The number of benzene rings is 2. The Labute approximate surface area is 128 Å². The Balaban J connectivity index is 2.21. The second-order valence-corrected chi connectivity index (χ2v) is 4.95. The number of aliphatic hydroxyl groups excluding tert-OH is 1. The van der Waals surface area contributed by atoms with E-state index in [9.17, 15) is 13.9 Å². The summed E-state index contributed by atoms with van der Waals surface area (Å²) in [5.41, 5.74) is 1.59. The van der Waals surface area contributed by atoms with Gasteiger partial charge in [0.1, 0.15) is 17.4 Å². The predicted molar refractivity (Wildman–Crippen MR) is 81.9 cm³/mol. The third-order valence-electron chi connectivity index (χ3n) is 3.34. The van der Waals surface area contributed by atoms with E-state index in [1.54, 1.807) is 25.1 Å². The van der Waals surface area contributed by atoms with Crippen molar-refractivity contribution in [2.45, 2.75) is 26.5 Å². The predicted octanol–water partition coefficient (Wildman–Crippen LogP) is 4.03. The molecule has 22 heavy (non-hydrogen) atoms. The first-order valence-electron chi connectivity index (χ1n) is 7.13. The van der Waals surface area contributed by atoms with Crippen molar-refractivity contribution in [3.05, 3.63) is 59.2 Å². The zero-order valence-corrected chi connectivity index (χ0v) is 12.6. The van der Waals surface area contributed by atoms with Crippen LogP contribution < -0.4 is 10.1 Å². The van der Waals surface area contributed by atoms with Gasteiger partial charge in [0.25, 0.3) is 0 Å². The van der Waals surface area contributed by atoms with E-state index in [0.29, 0.717) is 23.6 Å². The highest BCUT2D eigenvalue weighted by Gasteiger charge is 2.13. The van der Waals surface area contributed by atoms with Crippen LogP contribution in [0.1, 0.15) is 31.0 Å². The summed E-state index contributed by atoms with van der Waals surface area (Å²) in [6, 6.07) is 8.21. The molecule has 118 valence electrons. The van der Waals surface area contributed by atoms with Crippen molar-refractivity contribution < 1.29 is 18.6 Å². The first-order valence-corrected chi connectivity index (χ1v) is 7.13. The third kappa shape index (κ3) is 3.74. The molecule has 0 saturated carbocycles. The maximum absolute atomic E-state index is 13.8. The summed E-state index contributed by atoms with van der Waals surface area (Å²) in [6.45, 7) is 3.95. The minimum absolute atomic E-state index is 0.159. The molecule has 0 aromatic heterocycles. The molecule has 0 aliphatic carbocycles. The lowest BCUT2D eigenvalue weighted by Gasteiger charge is -2.18. The van der Waals surface area contributed by atoms with E-state index >= 15 is 0 Å². The summed E-state index contributed by atoms with van der Waals surface area (Å²) in [4.78, 5) is 0. The van der Waals surface area contributed by atoms with Crippen LogP contribution in [0.4, 0.5) is 14.5 Å². The van der Waals surface area contributed by atoms with Crippen molar-refractivity contribution in [2.75, 3.05) is 11.9 Å². The molecule has 5 heteroatoms. The molecule has 2 aromatic rings. The van der Waals surface area contributed by atoms with E-state index in [2.05, 4.69) is 5.32 Å². The molecule has 0 fully saturated rings. The zero-order valence-electron chi connectivity index (χ0n) is 12.6. The first kappa shape index (κ1) is 16.2. The van der Waals surface area contributed by atoms with Crippen LogP contribution in [-0.4, -0.2) is 11.7 Å². The Morgan fingerprint density at radius 3 is 2.64 bits per heavy atom. The number of aliphatic hydroxyl groups is 1. The lowest BCUT2D eigenvalue weighted by atomic mass is 10.1. The standard InChI is InChI=1S/C17H19F2NO2/c1-3-22-17-7-5-14(8-12(17)10-21)20-11(2)15-9-13(18)4-6-16(15)19/h4-9,11,20-21H,3,10H2,1-2H3/t11-/m0/s1. The summed E-state index contributed by atoms with van der Waals surface area (Å²) < 4.78 is 32.4. The van der Waals surface area contributed by atoms with Gasteiger partial charge in [-0.15, -0.1) is 0 Å². The normalized spacial score (nSPS) is 12.0. The van der Waals surface area contributed by atoms with Crippen molar-refractivity contribution in [1.82, 2.24) is 0 Å². The molecule has 0 amide bonds. The minimum Gasteiger partial charge on any atom is -0.494 e. The van der Waals surface area contributed by atoms with Gasteiger partial charge in [-0.05, 0) is 50.2 Å². The van der Waals surface area contributed by atoms with E-state index in [1.807, 2.05) is 6.92 Å². The number of anilines is 1. The van der Waals surface area contributed by atoms with E-state index in [4.69, 9.17) is 4.74 Å². The lowest BCUT2D eigenvalue weighted by Crippen LogP contribution is -2.09. The molecule has 0 spiro atoms. The molecule has 0 heterocycles. The molecule has 2 rings (SSSR count). The van der Waals surface area contributed by atoms with Crippen molar-refractivity contribution >= 4 is 5.69 Å². The van der Waals surface area contributed by atoms with Gasteiger partial charge in [0, 0.05) is 16.8 Å². The first-order chi connectivity index (χ1) is 10.5. The van der Waals surface area contributed by atoms with Crippen LogP contribution in [0.25, 0.3) is 0 Å². The third-order valence-corrected chi connectivity index (χ3v) is 3.34. The van der Waals surface area contributed by atoms with Crippen LogP contribution in [-0.2, 0) is 6.61 Å². The van der Waals surface area contributed by atoms with Crippen LogP contribution in [0.5, 0.6) is 5.75 Å². The van der Waals surface area contributed by atoms with Crippen LogP contribution in [0.15, 0.2) is 36.4 Å². The fraction of sp³-hybridized carbons (Fsp3) is 0.294. The number of ether oxygens (including phenoxy) is 1. The minimum atomic E-state index is -0.479. The smallest absolute Gasteiger partial charge is 0.128 e. The highest BCUT2D eigenvalue weighted by Crippen LogP contribution is 2.27. The summed E-state index contributed by atoms with van der Waals surface area (Å²) >= 11 is 0. The van der Waals surface area contributed by atoms with E-state index < -0.39 is 17.7 Å². The quantitative estimate of drug-likeness (QED) is 0.846. The van der Waals surface area contributed by atoms with E-state index in [-0.39, 0.29) is 12.2 Å². The van der Waals surface area contributed by atoms with Gasteiger partial charge >= 0.3 is 0 Å². The number of halogens is 2. The summed E-state index contributed by atoms with van der Waals surface area (Å²) in [7, 11) is 0.